The summed E-state index contributed by atoms with van der Waals surface area (Å²) in [7, 11) is 1.74. The molecule has 2 atom stereocenters. The molecule has 1 unspecified atom stereocenters. The largest absolute Gasteiger partial charge is 0.408 e. The number of aryl methyl sites for hydroxylation is 1. The topological polar surface area (TPSA) is 90.2 Å². The molecule has 1 aliphatic heterocycles. The van der Waals surface area contributed by atoms with Gasteiger partial charge in [-0.05, 0) is 36.2 Å². The highest BCUT2D eigenvalue weighted by molar-refractivity contribution is 5.86. The molecule has 5 heterocycles. The molecular weight excluding hydrogens is 488 g/mol. The minimum Gasteiger partial charge on any atom is -0.326 e. The van der Waals surface area contributed by atoms with Gasteiger partial charge in [0.2, 0.25) is 0 Å². The van der Waals surface area contributed by atoms with Crippen LogP contribution in [0.1, 0.15) is 18.0 Å². The maximum Gasteiger partial charge on any atom is 0.408 e. The third kappa shape index (κ3) is 4.21. The Morgan fingerprint density at radius 3 is 2.62 bits per heavy atom. The van der Waals surface area contributed by atoms with Crippen molar-refractivity contribution >= 4 is 16.6 Å². The predicted octanol–water partition coefficient (Wildman–Crippen LogP) is 4.12. The zero-order valence-corrected chi connectivity index (χ0v) is 19.7. The number of rotatable bonds is 4. The molecule has 12 heteroatoms. The number of pyridine rings is 2. The summed E-state index contributed by atoms with van der Waals surface area (Å²) in [5.74, 6) is -0.127. The van der Waals surface area contributed by atoms with Crippen LogP contribution in [0.2, 0.25) is 0 Å². The van der Waals surface area contributed by atoms with Crippen molar-refractivity contribution in [2.75, 3.05) is 13.1 Å². The molecule has 1 aromatic carbocycles. The molecule has 190 valence electrons. The van der Waals surface area contributed by atoms with Crippen molar-refractivity contribution in [3.63, 3.8) is 0 Å². The second kappa shape index (κ2) is 8.60. The highest BCUT2D eigenvalue weighted by atomic mass is 19.4. The van der Waals surface area contributed by atoms with Crippen LogP contribution in [0.3, 0.4) is 0 Å². The highest BCUT2D eigenvalue weighted by Crippen LogP contribution is 2.39. The van der Waals surface area contributed by atoms with Gasteiger partial charge in [-0.1, -0.05) is 12.1 Å². The van der Waals surface area contributed by atoms with E-state index in [1.54, 1.807) is 42.3 Å². The number of hydrogen-bond donors (Lipinski definition) is 1. The Morgan fingerprint density at radius 2 is 1.92 bits per heavy atom. The van der Waals surface area contributed by atoms with Gasteiger partial charge in [-0.2, -0.15) is 18.3 Å². The van der Waals surface area contributed by atoms with Crippen LogP contribution in [0.4, 0.5) is 17.6 Å². The molecule has 1 saturated heterocycles. The second-order valence-corrected chi connectivity index (χ2v) is 9.33. The number of halogens is 4. The maximum absolute atomic E-state index is 14.8. The smallest absolute Gasteiger partial charge is 0.326 e. The van der Waals surface area contributed by atoms with Gasteiger partial charge in [0, 0.05) is 55.1 Å². The maximum atomic E-state index is 14.8. The summed E-state index contributed by atoms with van der Waals surface area (Å²) in [4.78, 5) is 6.01. The van der Waals surface area contributed by atoms with E-state index in [9.17, 15) is 17.6 Å². The van der Waals surface area contributed by atoms with E-state index in [4.69, 9.17) is 5.73 Å². The Morgan fingerprint density at radius 1 is 1.08 bits per heavy atom. The summed E-state index contributed by atoms with van der Waals surface area (Å²) in [6.45, 7) is 0.430. The first-order valence-electron chi connectivity index (χ1n) is 11.7. The Labute approximate surface area is 208 Å². The van der Waals surface area contributed by atoms with Crippen LogP contribution in [-0.2, 0) is 7.05 Å². The molecule has 0 radical (unpaired) electrons. The minimum atomic E-state index is -4.49. The molecule has 0 saturated carbocycles. The number of hydrogen-bond acceptors (Lipinski definition) is 6. The fourth-order valence-corrected chi connectivity index (χ4v) is 4.95. The number of alkyl halides is 3. The third-order valence-corrected chi connectivity index (χ3v) is 6.70. The molecule has 4 aromatic heterocycles. The molecule has 6 rings (SSSR count). The van der Waals surface area contributed by atoms with Crippen molar-refractivity contribution in [1.29, 1.82) is 0 Å². The van der Waals surface area contributed by atoms with Gasteiger partial charge in [-0.25, -0.2) is 9.37 Å². The van der Waals surface area contributed by atoms with Crippen LogP contribution in [0.25, 0.3) is 39.2 Å². The molecule has 8 nitrogen and oxygen atoms in total. The summed E-state index contributed by atoms with van der Waals surface area (Å²) in [5, 5.41) is 13.0. The number of likely N-dealkylation sites (tertiary alicyclic amines) is 1. The quantitative estimate of drug-likeness (QED) is 0.366. The minimum absolute atomic E-state index is 0.0666. The lowest BCUT2D eigenvalue weighted by molar-refractivity contribution is -0.183. The van der Waals surface area contributed by atoms with Crippen molar-refractivity contribution in [3.05, 3.63) is 66.4 Å². The molecule has 0 amide bonds. The lowest BCUT2D eigenvalue weighted by Gasteiger charge is -2.30. The number of nitrogens with two attached hydrogens (primary N) is 1. The zero-order chi connectivity index (χ0) is 25.9. The molecule has 37 heavy (non-hydrogen) atoms. The number of fused-ring (bicyclic) bond motifs is 2. The van der Waals surface area contributed by atoms with E-state index in [2.05, 4.69) is 20.3 Å². The molecule has 2 N–H and O–H groups in total. The van der Waals surface area contributed by atoms with Gasteiger partial charge in [-0.3, -0.25) is 14.0 Å². The van der Waals surface area contributed by atoms with Gasteiger partial charge in [-0.15, -0.1) is 10.2 Å². The predicted molar refractivity (Wildman–Crippen MR) is 129 cm³/mol. The van der Waals surface area contributed by atoms with E-state index in [0.29, 0.717) is 39.8 Å². The van der Waals surface area contributed by atoms with Crippen molar-refractivity contribution in [3.8, 4) is 22.6 Å². The van der Waals surface area contributed by atoms with Crippen LogP contribution in [-0.4, -0.2) is 59.6 Å². The normalized spacial score (nSPS) is 17.7. The SMILES string of the molecule is Cn1cc(-c2cc3nc(-c4nnc5ccc([C@@H](N6CCC(N)C6)C(F)(F)F)cn45)ccc3cc2F)cn1. The van der Waals surface area contributed by atoms with Crippen LogP contribution in [0.5, 0.6) is 0 Å². The molecule has 1 aliphatic rings. The fourth-order valence-electron chi connectivity index (χ4n) is 4.95. The number of benzene rings is 1. The molecule has 0 spiro atoms. The van der Waals surface area contributed by atoms with Gasteiger partial charge in [0.15, 0.2) is 11.5 Å². The van der Waals surface area contributed by atoms with Crippen molar-refractivity contribution < 1.29 is 17.6 Å². The van der Waals surface area contributed by atoms with Crippen LogP contribution in [0, 0.1) is 5.82 Å². The van der Waals surface area contributed by atoms with Gasteiger partial charge in [0.25, 0.3) is 0 Å². The second-order valence-electron chi connectivity index (χ2n) is 9.33. The van der Waals surface area contributed by atoms with Gasteiger partial charge < -0.3 is 5.73 Å². The van der Waals surface area contributed by atoms with E-state index in [-0.39, 0.29) is 30.5 Å². The molecule has 1 fully saturated rings. The Hall–Kier alpha value is -3.90. The van der Waals surface area contributed by atoms with E-state index >= 15 is 0 Å². The first-order chi connectivity index (χ1) is 17.7. The number of nitrogens with zero attached hydrogens (tertiary/aromatic N) is 7. The van der Waals surface area contributed by atoms with E-state index in [1.165, 1.54) is 33.7 Å². The monoisotopic (exact) mass is 510 g/mol. The standard InChI is InChI=1S/C25H22F4N8/c1-35-11-16(10-31-35)18-9-21-14(8-19(18)26)2-4-20(32-21)24-34-33-22-5-3-15(12-37(22)24)23(25(27,28)29)36-7-6-17(30)13-36/h2-5,8-12,17,23H,6-7,13,30H2,1H3/t17?,23-/m1/s1. The average molecular weight is 510 g/mol. The fraction of sp³-hybridized carbons (Fsp3) is 0.280. The molecule has 0 aliphatic carbocycles. The van der Waals surface area contributed by atoms with Crippen molar-refractivity contribution in [1.82, 2.24) is 34.3 Å². The Balaban J connectivity index is 1.44. The molecular formula is C25H22F4N8. The van der Waals surface area contributed by atoms with E-state index < -0.39 is 18.0 Å². The van der Waals surface area contributed by atoms with Crippen LogP contribution >= 0.6 is 0 Å². The summed E-state index contributed by atoms with van der Waals surface area (Å²) in [5.41, 5.74) is 8.19. The van der Waals surface area contributed by atoms with Gasteiger partial charge in [0.1, 0.15) is 17.6 Å². The third-order valence-electron chi connectivity index (χ3n) is 6.70. The lowest BCUT2D eigenvalue weighted by atomic mass is 10.1. The van der Waals surface area contributed by atoms with E-state index in [1.807, 2.05) is 0 Å². The van der Waals surface area contributed by atoms with Crippen LogP contribution < -0.4 is 5.73 Å². The Kier molecular flexibility index (Phi) is 5.46. The van der Waals surface area contributed by atoms with E-state index in [0.717, 1.165) is 0 Å². The molecule has 5 aromatic rings. The van der Waals surface area contributed by atoms with Gasteiger partial charge in [0.05, 0.1) is 11.7 Å². The highest BCUT2D eigenvalue weighted by Gasteiger charge is 2.46. The summed E-state index contributed by atoms with van der Waals surface area (Å²) in [6.07, 6.45) is 0.692. The first-order valence-corrected chi connectivity index (χ1v) is 11.7. The summed E-state index contributed by atoms with van der Waals surface area (Å²) in [6, 6.07) is 7.21. The summed E-state index contributed by atoms with van der Waals surface area (Å²) < 4.78 is 60.3. The molecule has 0 bridgehead atoms. The number of aromatic nitrogens is 6. The average Bonchev–Trinajstić information content (AvgIpc) is 3.57. The van der Waals surface area contributed by atoms with Crippen LogP contribution in [0.15, 0.2) is 55.0 Å². The van der Waals surface area contributed by atoms with Crippen molar-refractivity contribution in [2.45, 2.75) is 24.7 Å². The first kappa shape index (κ1) is 23.5. The zero-order valence-electron chi connectivity index (χ0n) is 19.7. The van der Waals surface area contributed by atoms with Crippen molar-refractivity contribution in [2.24, 2.45) is 12.8 Å². The Bertz CT molecular complexity index is 1620. The lowest BCUT2D eigenvalue weighted by Crippen LogP contribution is -2.38. The summed E-state index contributed by atoms with van der Waals surface area (Å²) >= 11 is 0. The van der Waals surface area contributed by atoms with Gasteiger partial charge >= 0.3 is 6.18 Å².